The molecular formula is C13H12N2O2. The standard InChI is InChI=1S/C13H12N2O2/c14-13(16)8-1-2-12-11(5-8)10-3-4-17-7-9(10)6-15-12/h1-2,5-6H,3-4,7H2,(H2,14,16). The van der Waals surface area contributed by atoms with Gasteiger partial charge in [0.1, 0.15) is 0 Å². The van der Waals surface area contributed by atoms with E-state index in [0.717, 1.165) is 22.9 Å². The highest BCUT2D eigenvalue weighted by Crippen LogP contribution is 2.25. The largest absolute Gasteiger partial charge is 0.376 e. The van der Waals surface area contributed by atoms with Crippen molar-refractivity contribution in [3.05, 3.63) is 41.1 Å². The van der Waals surface area contributed by atoms with Gasteiger partial charge in [-0.15, -0.1) is 0 Å². The summed E-state index contributed by atoms with van der Waals surface area (Å²) in [5, 5.41) is 1.02. The van der Waals surface area contributed by atoms with Crippen molar-refractivity contribution in [2.24, 2.45) is 5.73 Å². The van der Waals surface area contributed by atoms with Gasteiger partial charge in [0, 0.05) is 17.1 Å². The van der Waals surface area contributed by atoms with Crippen LogP contribution in [0, 0.1) is 0 Å². The number of nitrogens with zero attached hydrogens (tertiary/aromatic N) is 1. The van der Waals surface area contributed by atoms with Crippen LogP contribution in [0.3, 0.4) is 0 Å². The van der Waals surface area contributed by atoms with E-state index in [1.54, 1.807) is 6.07 Å². The molecule has 86 valence electrons. The number of ether oxygens (including phenoxy) is 1. The second kappa shape index (κ2) is 3.82. The Bertz CT molecular complexity index is 608. The van der Waals surface area contributed by atoms with Gasteiger partial charge in [0.05, 0.1) is 18.7 Å². The normalized spacial score (nSPS) is 14.6. The summed E-state index contributed by atoms with van der Waals surface area (Å²) in [6, 6.07) is 5.38. The number of hydrogen-bond acceptors (Lipinski definition) is 3. The van der Waals surface area contributed by atoms with E-state index in [9.17, 15) is 4.79 Å². The molecule has 0 radical (unpaired) electrons. The Hall–Kier alpha value is -1.94. The average molecular weight is 228 g/mol. The molecule has 17 heavy (non-hydrogen) atoms. The summed E-state index contributed by atoms with van der Waals surface area (Å²) in [7, 11) is 0. The first-order chi connectivity index (χ1) is 8.25. The lowest BCUT2D eigenvalue weighted by Gasteiger charge is -2.18. The minimum Gasteiger partial charge on any atom is -0.376 e. The number of carbonyl (C=O) groups is 1. The zero-order valence-corrected chi connectivity index (χ0v) is 9.27. The molecule has 4 nitrogen and oxygen atoms in total. The Morgan fingerprint density at radius 2 is 2.29 bits per heavy atom. The number of hydrogen-bond donors (Lipinski definition) is 1. The molecule has 0 atom stereocenters. The van der Waals surface area contributed by atoms with E-state index in [4.69, 9.17) is 10.5 Å². The summed E-state index contributed by atoms with van der Waals surface area (Å²) in [4.78, 5) is 15.6. The van der Waals surface area contributed by atoms with E-state index in [1.165, 1.54) is 5.56 Å². The molecule has 4 heteroatoms. The molecule has 0 saturated carbocycles. The SMILES string of the molecule is NC(=O)c1ccc2ncc3c(c2c1)CCOC3. The van der Waals surface area contributed by atoms with Gasteiger partial charge in [-0.1, -0.05) is 0 Å². The van der Waals surface area contributed by atoms with Crippen molar-refractivity contribution >= 4 is 16.8 Å². The molecule has 1 aliphatic rings. The Kier molecular flexibility index (Phi) is 2.30. The van der Waals surface area contributed by atoms with Gasteiger partial charge in [0.25, 0.3) is 0 Å². The number of nitrogens with two attached hydrogens (primary N) is 1. The van der Waals surface area contributed by atoms with Crippen LogP contribution in [0.4, 0.5) is 0 Å². The fourth-order valence-electron chi connectivity index (χ4n) is 2.22. The first-order valence-electron chi connectivity index (χ1n) is 5.54. The predicted octanol–water partition coefficient (Wildman–Crippen LogP) is 1.41. The number of fused-ring (bicyclic) bond motifs is 3. The summed E-state index contributed by atoms with van der Waals surface area (Å²) in [6.07, 6.45) is 2.71. The second-order valence-electron chi connectivity index (χ2n) is 4.16. The number of rotatable bonds is 1. The van der Waals surface area contributed by atoms with Crippen molar-refractivity contribution < 1.29 is 9.53 Å². The van der Waals surface area contributed by atoms with Crippen LogP contribution >= 0.6 is 0 Å². The first kappa shape index (κ1) is 10.2. The number of primary amides is 1. The first-order valence-corrected chi connectivity index (χ1v) is 5.54. The minimum absolute atomic E-state index is 0.406. The maximum absolute atomic E-state index is 11.2. The summed E-state index contributed by atoms with van der Waals surface area (Å²) >= 11 is 0. The fourth-order valence-corrected chi connectivity index (χ4v) is 2.22. The van der Waals surface area contributed by atoms with Crippen molar-refractivity contribution in [3.63, 3.8) is 0 Å². The van der Waals surface area contributed by atoms with Crippen LogP contribution in [0.25, 0.3) is 10.9 Å². The highest BCUT2D eigenvalue weighted by molar-refractivity contribution is 5.97. The minimum atomic E-state index is -0.406. The summed E-state index contributed by atoms with van der Waals surface area (Å²) in [6.45, 7) is 1.31. The number of pyridine rings is 1. The molecule has 1 amide bonds. The topological polar surface area (TPSA) is 65.2 Å². The Balaban J connectivity index is 2.28. The van der Waals surface area contributed by atoms with E-state index < -0.39 is 5.91 Å². The van der Waals surface area contributed by atoms with Gasteiger partial charge in [-0.25, -0.2) is 0 Å². The van der Waals surface area contributed by atoms with Crippen molar-refractivity contribution in [1.29, 1.82) is 0 Å². The molecule has 3 rings (SSSR count). The summed E-state index contributed by atoms with van der Waals surface area (Å²) < 4.78 is 5.39. The van der Waals surface area contributed by atoms with Crippen molar-refractivity contribution in [3.8, 4) is 0 Å². The molecule has 0 bridgehead atoms. The van der Waals surface area contributed by atoms with E-state index >= 15 is 0 Å². The average Bonchev–Trinajstić information content (AvgIpc) is 2.38. The fraction of sp³-hybridized carbons (Fsp3) is 0.231. The van der Waals surface area contributed by atoms with Crippen LogP contribution in [0.2, 0.25) is 0 Å². The molecule has 0 saturated heterocycles. The lowest BCUT2D eigenvalue weighted by molar-refractivity contribution is 0.100. The zero-order valence-electron chi connectivity index (χ0n) is 9.27. The van der Waals surface area contributed by atoms with Crippen LogP contribution in [-0.4, -0.2) is 17.5 Å². The number of benzene rings is 1. The van der Waals surface area contributed by atoms with Crippen LogP contribution in [0.15, 0.2) is 24.4 Å². The predicted molar refractivity (Wildman–Crippen MR) is 63.6 cm³/mol. The summed E-state index contributed by atoms with van der Waals surface area (Å²) in [5.41, 5.74) is 9.05. The van der Waals surface area contributed by atoms with Crippen LogP contribution < -0.4 is 5.73 Å². The monoisotopic (exact) mass is 228 g/mol. The molecule has 0 spiro atoms. The van der Waals surface area contributed by atoms with E-state index in [0.29, 0.717) is 18.8 Å². The summed E-state index contributed by atoms with van der Waals surface area (Å²) in [5.74, 6) is -0.406. The van der Waals surface area contributed by atoms with Gasteiger partial charge in [-0.05, 0) is 35.7 Å². The molecule has 2 N–H and O–H groups in total. The molecular weight excluding hydrogens is 216 g/mol. The van der Waals surface area contributed by atoms with E-state index in [-0.39, 0.29) is 0 Å². The van der Waals surface area contributed by atoms with Crippen molar-refractivity contribution in [1.82, 2.24) is 4.98 Å². The van der Waals surface area contributed by atoms with Gasteiger partial charge in [-0.3, -0.25) is 9.78 Å². The van der Waals surface area contributed by atoms with Crippen LogP contribution in [0.1, 0.15) is 21.5 Å². The van der Waals surface area contributed by atoms with E-state index in [2.05, 4.69) is 4.98 Å². The highest BCUT2D eigenvalue weighted by atomic mass is 16.5. The van der Waals surface area contributed by atoms with E-state index in [1.807, 2.05) is 18.3 Å². The molecule has 0 fully saturated rings. The Labute approximate surface area is 98.4 Å². The Morgan fingerprint density at radius 3 is 3.12 bits per heavy atom. The van der Waals surface area contributed by atoms with Gasteiger partial charge >= 0.3 is 0 Å². The lowest BCUT2D eigenvalue weighted by Crippen LogP contribution is -2.13. The third-order valence-electron chi connectivity index (χ3n) is 3.11. The molecule has 0 unspecified atom stereocenters. The maximum Gasteiger partial charge on any atom is 0.248 e. The maximum atomic E-state index is 11.2. The highest BCUT2D eigenvalue weighted by Gasteiger charge is 2.14. The van der Waals surface area contributed by atoms with Gasteiger partial charge < -0.3 is 10.5 Å². The number of amides is 1. The van der Waals surface area contributed by atoms with Crippen LogP contribution in [-0.2, 0) is 17.8 Å². The quantitative estimate of drug-likeness (QED) is 0.802. The zero-order chi connectivity index (χ0) is 11.8. The van der Waals surface area contributed by atoms with Gasteiger partial charge in [0.2, 0.25) is 5.91 Å². The number of aromatic nitrogens is 1. The molecule has 1 aromatic carbocycles. The Morgan fingerprint density at radius 1 is 1.41 bits per heavy atom. The smallest absolute Gasteiger partial charge is 0.248 e. The molecule has 2 aromatic rings. The van der Waals surface area contributed by atoms with Crippen molar-refractivity contribution in [2.75, 3.05) is 6.61 Å². The van der Waals surface area contributed by atoms with Gasteiger partial charge in [-0.2, -0.15) is 0 Å². The third-order valence-corrected chi connectivity index (χ3v) is 3.11. The van der Waals surface area contributed by atoms with Gasteiger partial charge in [0.15, 0.2) is 0 Å². The third kappa shape index (κ3) is 1.66. The number of carbonyl (C=O) groups excluding carboxylic acids is 1. The molecule has 2 heterocycles. The van der Waals surface area contributed by atoms with Crippen LogP contribution in [0.5, 0.6) is 0 Å². The molecule has 1 aromatic heterocycles. The molecule has 1 aliphatic heterocycles. The second-order valence-corrected chi connectivity index (χ2v) is 4.16. The van der Waals surface area contributed by atoms with Crippen molar-refractivity contribution in [2.45, 2.75) is 13.0 Å². The molecule has 0 aliphatic carbocycles. The lowest BCUT2D eigenvalue weighted by atomic mass is 9.98.